The first-order chi connectivity index (χ1) is 20.8. The third-order valence-corrected chi connectivity index (χ3v) is 8.99. The fourth-order valence-electron chi connectivity index (χ4n) is 6.22. The Labute approximate surface area is 255 Å². The molecule has 44 heavy (non-hydrogen) atoms. The summed E-state index contributed by atoms with van der Waals surface area (Å²) in [5, 5.41) is 67.8. The van der Waals surface area contributed by atoms with Crippen molar-refractivity contribution in [2.45, 2.75) is 129 Å². The molecule has 2 aliphatic carbocycles. The molecule has 18 N–H and O–H groups in total. The van der Waals surface area contributed by atoms with Crippen molar-refractivity contribution in [3.8, 4) is 0 Å². The van der Waals surface area contributed by atoms with Crippen LogP contribution in [0.2, 0.25) is 0 Å². The molecule has 0 radical (unpaired) electrons. The van der Waals surface area contributed by atoms with E-state index in [4.69, 9.17) is 52.7 Å². The van der Waals surface area contributed by atoms with E-state index in [1.54, 1.807) is 0 Å². The number of aliphatic hydroxyl groups is 6. The van der Waals surface area contributed by atoms with Gasteiger partial charge in [0.15, 0.2) is 12.6 Å². The van der Waals surface area contributed by atoms with E-state index in [1.165, 1.54) is 0 Å². The van der Waals surface area contributed by atoms with Crippen LogP contribution in [-0.2, 0) is 23.7 Å². The molecule has 4 rings (SSSR count). The van der Waals surface area contributed by atoms with Crippen molar-refractivity contribution < 1.29 is 54.4 Å². The lowest BCUT2D eigenvalue weighted by Crippen LogP contribution is -2.70. The minimum Gasteiger partial charge on any atom is -0.395 e. The highest BCUT2D eigenvalue weighted by atomic mass is 16.7. The predicted molar refractivity (Wildman–Crippen MR) is 152 cm³/mol. The lowest BCUT2D eigenvalue weighted by molar-refractivity contribution is -0.314. The minimum atomic E-state index is -1.70. The van der Waals surface area contributed by atoms with Crippen LogP contribution in [0.5, 0.6) is 0 Å². The maximum atomic E-state index is 13.0. The van der Waals surface area contributed by atoms with Crippen LogP contribution < -0.4 is 39.3 Å². The van der Waals surface area contributed by atoms with Gasteiger partial charge in [0, 0.05) is 44.1 Å². The summed E-state index contributed by atoms with van der Waals surface area (Å²) in [5.41, 5.74) is 28.5. The van der Waals surface area contributed by atoms with Gasteiger partial charge in [-0.1, -0.05) is 0 Å². The van der Waals surface area contributed by atoms with Crippen LogP contribution in [0.3, 0.4) is 0 Å². The maximum absolute atomic E-state index is 13.0. The summed E-state index contributed by atoms with van der Waals surface area (Å²) in [6, 6.07) is -4.42. The maximum Gasteiger partial charge on any atom is 0.252 e. The lowest BCUT2D eigenvalue weighted by Gasteiger charge is -2.49. The quantitative estimate of drug-likeness (QED) is 0.0944. The molecule has 1 amide bonds. The molecule has 256 valence electrons. The van der Waals surface area contributed by atoms with Gasteiger partial charge in [-0.3, -0.25) is 4.79 Å². The van der Waals surface area contributed by atoms with Crippen molar-refractivity contribution in [3.05, 3.63) is 0 Å². The topological polar surface area (TPSA) is 330 Å². The van der Waals surface area contributed by atoms with Crippen LogP contribution >= 0.6 is 0 Å². The fraction of sp³-hybridized carbons (Fsp3) is 0.962. The molecule has 18 nitrogen and oxygen atoms in total. The Balaban J connectivity index is 1.49. The number of aliphatic hydroxyl groups excluding tert-OH is 5. The number of nitrogens with two attached hydrogens (primary N) is 5. The van der Waals surface area contributed by atoms with E-state index in [1.807, 2.05) is 0 Å². The molecule has 0 aromatic heterocycles. The number of hydrogen-bond donors (Lipinski definition) is 13. The highest BCUT2D eigenvalue weighted by molar-refractivity contribution is 5.86. The molecule has 2 unspecified atom stereocenters. The number of amides is 1. The van der Waals surface area contributed by atoms with Crippen LogP contribution in [0, 0.1) is 0 Å². The highest BCUT2D eigenvalue weighted by Gasteiger charge is 2.53. The number of carbonyl (C=O) groups excluding carboxylic acids is 1. The Morgan fingerprint density at radius 1 is 0.932 bits per heavy atom. The van der Waals surface area contributed by atoms with E-state index in [2.05, 4.69) is 10.6 Å². The van der Waals surface area contributed by atoms with Gasteiger partial charge in [0.05, 0.1) is 37.4 Å². The smallest absolute Gasteiger partial charge is 0.252 e. The Morgan fingerprint density at radius 3 is 2.25 bits per heavy atom. The van der Waals surface area contributed by atoms with Crippen LogP contribution in [0.1, 0.15) is 32.1 Å². The molecule has 18 heteroatoms. The number of ether oxygens (including phenoxy) is 4. The monoisotopic (exact) mass is 637 g/mol. The summed E-state index contributed by atoms with van der Waals surface area (Å²) < 4.78 is 23.8. The van der Waals surface area contributed by atoms with Gasteiger partial charge in [-0.05, 0) is 19.3 Å². The second kappa shape index (κ2) is 15.2. The van der Waals surface area contributed by atoms with Crippen molar-refractivity contribution in [1.82, 2.24) is 10.6 Å². The van der Waals surface area contributed by atoms with Crippen molar-refractivity contribution in [2.75, 3.05) is 26.3 Å². The van der Waals surface area contributed by atoms with Crippen molar-refractivity contribution >= 4 is 5.91 Å². The standard InChI is InChI=1S/C26H51N7O11/c27-10-4-26(40,5-10)25(39)33-15-3-14(30)21(43-23-13(29)2-1-12(41-23)7-32-6-11(28)8-34)20(38)22(15)44-24-19(37)17(31)18(36)16(9-35)42-24/h10-24,32,34-38,40H,1-9,27-31H2,(H,33,39)/t10?,11?,12-,13+,14-,15+,16+,17-,18+,19+,20-,21?,22-,23+,24+,26?/m0/s1. The molecule has 2 aliphatic heterocycles. The number of hydrogen-bond acceptors (Lipinski definition) is 17. The van der Waals surface area contributed by atoms with E-state index >= 15 is 0 Å². The second-order valence-corrected chi connectivity index (χ2v) is 12.6. The van der Waals surface area contributed by atoms with Crippen molar-refractivity contribution in [3.63, 3.8) is 0 Å². The van der Waals surface area contributed by atoms with Crippen LogP contribution in [0.4, 0.5) is 0 Å². The van der Waals surface area contributed by atoms with Gasteiger partial charge in [-0.25, -0.2) is 0 Å². The first kappa shape index (κ1) is 35.7. The molecule has 0 spiro atoms. The van der Waals surface area contributed by atoms with E-state index in [0.717, 1.165) is 0 Å². The molecule has 0 aromatic carbocycles. The number of carbonyl (C=O) groups is 1. The van der Waals surface area contributed by atoms with Gasteiger partial charge in [-0.2, -0.15) is 0 Å². The van der Waals surface area contributed by atoms with E-state index in [-0.39, 0.29) is 38.0 Å². The average molecular weight is 638 g/mol. The van der Waals surface area contributed by atoms with Crippen molar-refractivity contribution in [2.24, 2.45) is 28.7 Å². The summed E-state index contributed by atoms with van der Waals surface area (Å²) in [7, 11) is 0. The summed E-state index contributed by atoms with van der Waals surface area (Å²) in [5.74, 6) is -0.726. The molecular weight excluding hydrogens is 586 g/mol. The second-order valence-electron chi connectivity index (χ2n) is 12.6. The molecule has 14 atom stereocenters. The molecule has 2 heterocycles. The third kappa shape index (κ3) is 8.03. The molecule has 2 saturated carbocycles. The van der Waals surface area contributed by atoms with Gasteiger partial charge in [0.25, 0.3) is 5.91 Å². The zero-order valence-electron chi connectivity index (χ0n) is 24.6. The molecule has 0 aromatic rings. The first-order valence-corrected chi connectivity index (χ1v) is 15.2. The normalized spacial score (nSPS) is 47.1. The molecule has 4 aliphatic rings. The number of nitrogens with one attached hydrogen (secondary N) is 2. The van der Waals surface area contributed by atoms with Gasteiger partial charge in [0.1, 0.15) is 42.2 Å². The first-order valence-electron chi connectivity index (χ1n) is 15.2. The van der Waals surface area contributed by atoms with Crippen LogP contribution in [0.25, 0.3) is 0 Å². The Hall–Kier alpha value is -1.17. The Kier molecular flexibility index (Phi) is 12.3. The molecule has 4 fully saturated rings. The molecular formula is C26H51N7O11. The van der Waals surface area contributed by atoms with E-state index < -0.39 is 97.5 Å². The predicted octanol–water partition coefficient (Wildman–Crippen LogP) is -7.31. The molecule has 0 bridgehead atoms. The zero-order chi connectivity index (χ0) is 32.3. The highest BCUT2D eigenvalue weighted by Crippen LogP contribution is 2.34. The molecule has 2 saturated heterocycles. The van der Waals surface area contributed by atoms with Crippen LogP contribution in [-0.4, -0.2) is 160 Å². The van der Waals surface area contributed by atoms with Gasteiger partial charge in [0.2, 0.25) is 0 Å². The Bertz CT molecular complexity index is 935. The van der Waals surface area contributed by atoms with E-state index in [9.17, 15) is 30.3 Å². The van der Waals surface area contributed by atoms with Gasteiger partial charge in [-0.15, -0.1) is 0 Å². The lowest BCUT2D eigenvalue weighted by atomic mass is 9.75. The van der Waals surface area contributed by atoms with Gasteiger partial charge >= 0.3 is 0 Å². The fourth-order valence-corrected chi connectivity index (χ4v) is 6.22. The van der Waals surface area contributed by atoms with E-state index in [0.29, 0.717) is 25.9 Å². The summed E-state index contributed by atoms with van der Waals surface area (Å²) in [6.07, 6.45) is -9.63. The largest absolute Gasteiger partial charge is 0.395 e. The van der Waals surface area contributed by atoms with Crippen LogP contribution in [0.15, 0.2) is 0 Å². The SMILES string of the molecule is NC(CO)CNC[C@@H]1CC[C@@H](N)[C@@H](OC2[C@@H](N)C[C@@H](NC(=O)C3(O)CC(N)C3)[C@H](O[C@H]3O[C@H](CO)[C@@H](O)[C@H](N)[C@H]3O)[C@H]2O)O1. The summed E-state index contributed by atoms with van der Waals surface area (Å²) >= 11 is 0. The summed E-state index contributed by atoms with van der Waals surface area (Å²) in [4.78, 5) is 13.0. The van der Waals surface area contributed by atoms with Gasteiger partial charge < -0.3 is 88.9 Å². The summed E-state index contributed by atoms with van der Waals surface area (Å²) in [6.45, 7) is -0.000940. The number of rotatable bonds is 12. The zero-order valence-corrected chi connectivity index (χ0v) is 24.6. The minimum absolute atomic E-state index is 0.00712. The third-order valence-electron chi connectivity index (χ3n) is 8.99. The average Bonchev–Trinajstić information content (AvgIpc) is 2.97. The van der Waals surface area contributed by atoms with Crippen molar-refractivity contribution in [1.29, 1.82) is 0 Å². The Morgan fingerprint density at radius 2 is 1.61 bits per heavy atom.